The number of halogens is 1. The highest BCUT2D eigenvalue weighted by Crippen LogP contribution is 2.43. The summed E-state index contributed by atoms with van der Waals surface area (Å²) in [5.41, 5.74) is 3.78. The van der Waals surface area contributed by atoms with Crippen LogP contribution >= 0.6 is 11.6 Å². The normalized spacial score (nSPS) is 17.6. The third-order valence-electron chi connectivity index (χ3n) is 6.40. The molecule has 1 saturated heterocycles. The summed E-state index contributed by atoms with van der Waals surface area (Å²) in [4.78, 5) is 20.5. The molecule has 1 fully saturated rings. The van der Waals surface area contributed by atoms with Gasteiger partial charge in [0.25, 0.3) is 5.91 Å². The summed E-state index contributed by atoms with van der Waals surface area (Å²) in [5, 5.41) is 6.67. The number of anilines is 2. The second kappa shape index (κ2) is 9.64. The molecule has 1 atom stereocenters. The van der Waals surface area contributed by atoms with E-state index in [2.05, 4.69) is 20.6 Å². The van der Waals surface area contributed by atoms with Gasteiger partial charge in [0.2, 0.25) is 10.0 Å². The lowest BCUT2D eigenvalue weighted by Gasteiger charge is -2.38. The Morgan fingerprint density at radius 3 is 2.86 bits per heavy atom. The van der Waals surface area contributed by atoms with E-state index >= 15 is 0 Å². The van der Waals surface area contributed by atoms with Crippen molar-refractivity contribution in [3.05, 3.63) is 52.9 Å². The Labute approximate surface area is 214 Å². The molecule has 0 radical (unpaired) electrons. The number of H-pyrrole nitrogens is 1. The first-order valence-corrected chi connectivity index (χ1v) is 13.7. The van der Waals surface area contributed by atoms with E-state index in [1.165, 1.54) is 17.7 Å². The van der Waals surface area contributed by atoms with Gasteiger partial charge in [-0.25, -0.2) is 8.42 Å². The van der Waals surface area contributed by atoms with Gasteiger partial charge in [0.05, 0.1) is 53.3 Å². The molecule has 0 aliphatic carbocycles. The molecule has 5 rings (SSSR count). The Bertz CT molecular complexity index is 1420. The van der Waals surface area contributed by atoms with Crippen LogP contribution in [0.15, 0.2) is 36.7 Å². The molecule has 3 aromatic rings. The first-order valence-electron chi connectivity index (χ1n) is 11.4. The highest BCUT2D eigenvalue weighted by Gasteiger charge is 2.36. The average molecular weight is 532 g/mol. The SMILES string of the molecule is COc1c(Cl)cccc1Nc1c(-c2ccncc2OC[C@@H]2CCN2S(C)(=O)=O)[nH]c2c1C(=O)NCC2. The van der Waals surface area contributed by atoms with Crippen LogP contribution in [0.25, 0.3) is 11.3 Å². The van der Waals surface area contributed by atoms with Crippen LogP contribution in [0, 0.1) is 0 Å². The van der Waals surface area contributed by atoms with Crippen molar-refractivity contribution in [2.24, 2.45) is 0 Å². The molecule has 1 amide bonds. The monoisotopic (exact) mass is 531 g/mol. The molecule has 0 spiro atoms. The van der Waals surface area contributed by atoms with Crippen molar-refractivity contribution in [2.45, 2.75) is 18.9 Å². The zero-order valence-corrected chi connectivity index (χ0v) is 21.4. The number of amides is 1. The highest BCUT2D eigenvalue weighted by molar-refractivity contribution is 7.88. The average Bonchev–Trinajstić information content (AvgIpc) is 3.17. The fraction of sp³-hybridized carbons (Fsp3) is 0.333. The molecular weight excluding hydrogens is 506 g/mol. The summed E-state index contributed by atoms with van der Waals surface area (Å²) in [6, 6.07) is 6.89. The molecule has 12 heteroatoms. The predicted molar refractivity (Wildman–Crippen MR) is 137 cm³/mol. The van der Waals surface area contributed by atoms with Gasteiger partial charge in [-0.1, -0.05) is 17.7 Å². The van der Waals surface area contributed by atoms with Crippen molar-refractivity contribution >= 4 is 38.9 Å². The van der Waals surface area contributed by atoms with Crippen LogP contribution in [0.5, 0.6) is 11.5 Å². The second-order valence-electron chi connectivity index (χ2n) is 8.68. The molecule has 4 heterocycles. The largest absolute Gasteiger partial charge is 0.493 e. The molecule has 2 aliphatic rings. The van der Waals surface area contributed by atoms with Crippen molar-refractivity contribution < 1.29 is 22.7 Å². The number of rotatable bonds is 8. The molecule has 36 heavy (non-hydrogen) atoms. The number of carbonyl (C=O) groups is 1. The zero-order chi connectivity index (χ0) is 25.4. The minimum Gasteiger partial charge on any atom is -0.493 e. The number of nitrogens with one attached hydrogen (secondary N) is 3. The maximum Gasteiger partial charge on any atom is 0.255 e. The van der Waals surface area contributed by atoms with Crippen LogP contribution in [0.4, 0.5) is 11.4 Å². The number of aromatic amines is 1. The topological polar surface area (TPSA) is 126 Å². The van der Waals surface area contributed by atoms with Gasteiger partial charge in [-0.2, -0.15) is 4.31 Å². The van der Waals surface area contributed by atoms with Gasteiger partial charge in [-0.15, -0.1) is 0 Å². The van der Waals surface area contributed by atoms with Gasteiger partial charge < -0.3 is 25.1 Å². The molecule has 0 unspecified atom stereocenters. The van der Waals surface area contributed by atoms with E-state index in [1.807, 2.05) is 6.07 Å². The summed E-state index contributed by atoms with van der Waals surface area (Å²) < 4.78 is 36.9. The van der Waals surface area contributed by atoms with Crippen LogP contribution in [0.3, 0.4) is 0 Å². The number of methoxy groups -OCH3 is 1. The van der Waals surface area contributed by atoms with Crippen molar-refractivity contribution in [1.29, 1.82) is 0 Å². The Kier molecular flexibility index (Phi) is 6.54. The van der Waals surface area contributed by atoms with Crippen LogP contribution in [0.1, 0.15) is 22.5 Å². The highest BCUT2D eigenvalue weighted by atomic mass is 35.5. The Morgan fingerprint density at radius 1 is 1.31 bits per heavy atom. The van der Waals surface area contributed by atoms with Gasteiger partial charge >= 0.3 is 0 Å². The van der Waals surface area contributed by atoms with Gasteiger partial charge in [0, 0.05) is 37.0 Å². The summed E-state index contributed by atoms with van der Waals surface area (Å²) in [7, 11) is -1.76. The zero-order valence-electron chi connectivity index (χ0n) is 19.8. The van der Waals surface area contributed by atoms with Crippen LogP contribution in [-0.2, 0) is 16.4 Å². The number of nitrogens with zero attached hydrogens (tertiary/aromatic N) is 2. The fourth-order valence-electron chi connectivity index (χ4n) is 4.56. The first kappa shape index (κ1) is 24.4. The lowest BCUT2D eigenvalue weighted by atomic mass is 10.0. The van der Waals surface area contributed by atoms with Gasteiger partial charge in [-0.05, 0) is 24.6 Å². The van der Waals surface area contributed by atoms with E-state index in [9.17, 15) is 13.2 Å². The third-order valence-corrected chi connectivity index (χ3v) is 8.03. The number of hydrogen-bond donors (Lipinski definition) is 3. The Balaban J connectivity index is 1.54. The number of aromatic nitrogens is 2. The molecule has 2 aromatic heterocycles. The Hall–Kier alpha value is -3.28. The Morgan fingerprint density at radius 2 is 2.14 bits per heavy atom. The van der Waals surface area contributed by atoms with Crippen LogP contribution < -0.4 is 20.1 Å². The fourth-order valence-corrected chi connectivity index (χ4v) is 5.96. The van der Waals surface area contributed by atoms with Crippen molar-refractivity contribution in [3.8, 4) is 22.8 Å². The predicted octanol–water partition coefficient (Wildman–Crippen LogP) is 3.18. The van der Waals surface area contributed by atoms with Gasteiger partial charge in [0.15, 0.2) is 5.75 Å². The van der Waals surface area contributed by atoms with Crippen LogP contribution in [0.2, 0.25) is 5.02 Å². The summed E-state index contributed by atoms with van der Waals surface area (Å²) >= 11 is 6.33. The number of para-hydroxylation sites is 1. The molecule has 10 nitrogen and oxygen atoms in total. The second-order valence-corrected chi connectivity index (χ2v) is 11.0. The van der Waals surface area contributed by atoms with Crippen molar-refractivity contribution in [2.75, 3.05) is 38.4 Å². The van der Waals surface area contributed by atoms with Gasteiger partial charge in [0.1, 0.15) is 12.4 Å². The van der Waals surface area contributed by atoms with Crippen molar-refractivity contribution in [3.63, 3.8) is 0 Å². The molecule has 190 valence electrons. The maximum absolute atomic E-state index is 12.9. The van der Waals surface area contributed by atoms with E-state index in [1.54, 1.807) is 30.6 Å². The van der Waals surface area contributed by atoms with Gasteiger partial charge in [-0.3, -0.25) is 9.78 Å². The minimum absolute atomic E-state index is 0.192. The minimum atomic E-state index is -3.29. The quantitative estimate of drug-likeness (QED) is 0.407. The molecule has 3 N–H and O–H groups in total. The lowest BCUT2D eigenvalue weighted by molar-refractivity contribution is 0.0947. The number of ether oxygens (including phenoxy) is 2. The number of fused-ring (bicyclic) bond motifs is 1. The summed E-state index contributed by atoms with van der Waals surface area (Å²) in [6.45, 7) is 1.20. The van der Waals surface area contributed by atoms with Crippen LogP contribution in [-0.4, -0.2) is 67.7 Å². The van der Waals surface area contributed by atoms with Crippen molar-refractivity contribution in [1.82, 2.24) is 19.6 Å². The first-order chi connectivity index (χ1) is 17.3. The number of benzene rings is 1. The van der Waals surface area contributed by atoms with E-state index in [0.717, 1.165) is 12.1 Å². The van der Waals surface area contributed by atoms with E-state index in [4.69, 9.17) is 21.1 Å². The summed E-state index contributed by atoms with van der Waals surface area (Å²) in [6.07, 6.45) is 5.78. The molecule has 0 saturated carbocycles. The molecule has 2 aliphatic heterocycles. The maximum atomic E-state index is 12.9. The number of carbonyl (C=O) groups excluding carboxylic acids is 1. The van der Waals surface area contributed by atoms with E-state index in [-0.39, 0.29) is 18.6 Å². The molecule has 1 aromatic carbocycles. The smallest absolute Gasteiger partial charge is 0.255 e. The molecular formula is C24H26ClN5O5S. The number of hydrogen-bond acceptors (Lipinski definition) is 7. The number of sulfonamides is 1. The number of pyridine rings is 1. The van der Waals surface area contributed by atoms with E-state index in [0.29, 0.717) is 64.2 Å². The standard InChI is InChI=1S/C24H26ClN5O5S/c1-34-23-16(25)4-3-5-18(23)29-22-20-17(7-10-27-24(20)31)28-21(22)15-6-9-26-12-19(15)35-13-14-8-11-30(14)36(2,32)33/h3-6,9,12,14,28-29H,7-8,10-11,13H2,1-2H3,(H,27,31)/t14-/m0/s1. The lowest BCUT2D eigenvalue weighted by Crippen LogP contribution is -2.53. The summed E-state index contributed by atoms with van der Waals surface area (Å²) in [5.74, 6) is 0.725. The molecule has 0 bridgehead atoms. The third kappa shape index (κ3) is 4.49. The van der Waals surface area contributed by atoms with E-state index < -0.39 is 10.0 Å².